The zero-order valence-electron chi connectivity index (χ0n) is 19.8. The van der Waals surface area contributed by atoms with Crippen molar-refractivity contribution in [2.45, 2.75) is 19.9 Å². The molecule has 3 aromatic rings. The van der Waals surface area contributed by atoms with Gasteiger partial charge >= 0.3 is 0 Å². The highest BCUT2D eigenvalue weighted by Gasteiger charge is 2.47. The first-order valence-electron chi connectivity index (χ1n) is 10.9. The number of carbonyl (C=O) groups is 2. The molecular weight excluding hydrogens is 444 g/mol. The number of nitrogens with zero attached hydrogens (tertiary/aromatic N) is 2. The van der Waals surface area contributed by atoms with Gasteiger partial charge in [0.1, 0.15) is 17.3 Å². The Hall–Kier alpha value is -4.57. The van der Waals surface area contributed by atoms with Crippen molar-refractivity contribution >= 4 is 23.1 Å². The fourth-order valence-corrected chi connectivity index (χ4v) is 4.47. The summed E-state index contributed by atoms with van der Waals surface area (Å²) < 4.78 is 10.9. The molecule has 1 aliphatic heterocycles. The molecule has 1 heterocycles. The molecule has 35 heavy (non-hydrogen) atoms. The van der Waals surface area contributed by atoms with E-state index in [2.05, 4.69) is 0 Å². The second-order valence-electron chi connectivity index (χ2n) is 8.27. The molecule has 7 nitrogen and oxygen atoms in total. The number of rotatable bonds is 5. The Labute approximate surface area is 203 Å². The normalized spacial score (nSPS) is 16.8. The van der Waals surface area contributed by atoms with Crippen molar-refractivity contribution in [3.8, 4) is 17.6 Å². The second kappa shape index (κ2) is 9.35. The van der Waals surface area contributed by atoms with Crippen LogP contribution in [0.25, 0.3) is 5.76 Å². The van der Waals surface area contributed by atoms with Crippen molar-refractivity contribution in [2.75, 3.05) is 19.1 Å². The van der Waals surface area contributed by atoms with E-state index >= 15 is 0 Å². The van der Waals surface area contributed by atoms with E-state index in [4.69, 9.17) is 14.7 Å². The maximum atomic E-state index is 13.4. The second-order valence-corrected chi connectivity index (χ2v) is 8.27. The predicted octanol–water partition coefficient (Wildman–Crippen LogP) is 4.82. The van der Waals surface area contributed by atoms with Gasteiger partial charge in [0.05, 0.1) is 43.0 Å². The van der Waals surface area contributed by atoms with Gasteiger partial charge in [0.15, 0.2) is 0 Å². The summed E-state index contributed by atoms with van der Waals surface area (Å²) in [7, 11) is 3.01. The fraction of sp³-hybridized carbons (Fsp3) is 0.179. The van der Waals surface area contributed by atoms with Crippen LogP contribution in [0.4, 0.5) is 5.69 Å². The number of methoxy groups -OCH3 is 2. The van der Waals surface area contributed by atoms with Crippen LogP contribution in [0.15, 0.2) is 66.2 Å². The number of aryl methyl sites for hydroxylation is 2. The molecular formula is C28H24N2O5. The summed E-state index contributed by atoms with van der Waals surface area (Å²) in [6, 6.07) is 18.1. The lowest BCUT2D eigenvalue weighted by molar-refractivity contribution is -0.132. The Bertz CT molecular complexity index is 1400. The highest BCUT2D eigenvalue weighted by molar-refractivity contribution is 6.51. The summed E-state index contributed by atoms with van der Waals surface area (Å²) in [5.41, 5.74) is 3.34. The van der Waals surface area contributed by atoms with Crippen molar-refractivity contribution < 1.29 is 24.2 Å². The number of aliphatic hydroxyl groups is 1. The number of hydrogen-bond acceptors (Lipinski definition) is 6. The maximum absolute atomic E-state index is 13.4. The first kappa shape index (κ1) is 23.6. The number of amides is 1. The largest absolute Gasteiger partial charge is 0.507 e. The summed E-state index contributed by atoms with van der Waals surface area (Å²) in [5, 5.41) is 20.7. The summed E-state index contributed by atoms with van der Waals surface area (Å²) in [5.74, 6) is -0.969. The van der Waals surface area contributed by atoms with Gasteiger partial charge in [-0.2, -0.15) is 5.26 Å². The molecule has 1 unspecified atom stereocenters. The fourth-order valence-electron chi connectivity index (χ4n) is 4.47. The van der Waals surface area contributed by atoms with E-state index in [0.29, 0.717) is 33.9 Å². The minimum absolute atomic E-state index is 0.0593. The van der Waals surface area contributed by atoms with E-state index < -0.39 is 17.7 Å². The lowest BCUT2D eigenvalue weighted by Crippen LogP contribution is -2.29. The van der Waals surface area contributed by atoms with Crippen LogP contribution < -0.4 is 14.4 Å². The van der Waals surface area contributed by atoms with Crippen LogP contribution in [-0.2, 0) is 9.59 Å². The number of ketones is 1. The van der Waals surface area contributed by atoms with Gasteiger partial charge < -0.3 is 14.6 Å². The van der Waals surface area contributed by atoms with Crippen molar-refractivity contribution in [1.29, 1.82) is 5.26 Å². The van der Waals surface area contributed by atoms with Crippen LogP contribution in [0, 0.1) is 25.2 Å². The first-order valence-corrected chi connectivity index (χ1v) is 10.9. The molecule has 0 saturated carbocycles. The van der Waals surface area contributed by atoms with E-state index in [1.807, 2.05) is 26.0 Å². The predicted molar refractivity (Wildman–Crippen MR) is 131 cm³/mol. The first-order chi connectivity index (χ1) is 16.8. The Kier molecular flexibility index (Phi) is 6.30. The van der Waals surface area contributed by atoms with Crippen molar-refractivity contribution in [2.24, 2.45) is 0 Å². The standard InChI is InChI=1S/C28H24N2O5/c1-16-12-17(2)27(35-4)22(13-16)25(31)23-24(19-6-5-7-21(14-19)34-3)30(28(33)26(23)32)20-10-8-18(15-29)9-11-20/h5-14,24,31H,1-4H3/b25-23+. The highest BCUT2D eigenvalue weighted by Crippen LogP contribution is 2.44. The molecule has 7 heteroatoms. The van der Waals surface area contributed by atoms with E-state index in [1.54, 1.807) is 54.6 Å². The number of carbonyl (C=O) groups excluding carboxylic acids is 2. The van der Waals surface area contributed by atoms with E-state index in [9.17, 15) is 14.7 Å². The minimum atomic E-state index is -0.927. The van der Waals surface area contributed by atoms with Gasteiger partial charge in [0, 0.05) is 5.69 Å². The summed E-state index contributed by atoms with van der Waals surface area (Å²) >= 11 is 0. The van der Waals surface area contributed by atoms with Crippen molar-refractivity contribution in [1.82, 2.24) is 0 Å². The molecule has 0 aromatic heterocycles. The molecule has 1 saturated heterocycles. The summed E-state index contributed by atoms with van der Waals surface area (Å²) in [6.07, 6.45) is 0. The highest BCUT2D eigenvalue weighted by atomic mass is 16.5. The summed E-state index contributed by atoms with van der Waals surface area (Å²) in [4.78, 5) is 28.1. The Morgan fingerprint density at radius 1 is 1.00 bits per heavy atom. The van der Waals surface area contributed by atoms with E-state index in [1.165, 1.54) is 19.1 Å². The van der Waals surface area contributed by atoms with Crippen molar-refractivity contribution in [3.05, 3.63) is 94.1 Å². The molecule has 3 aromatic carbocycles. The quantitative estimate of drug-likeness (QED) is 0.327. The average molecular weight is 469 g/mol. The number of anilines is 1. The lowest BCUT2D eigenvalue weighted by atomic mass is 9.93. The third kappa shape index (κ3) is 4.11. The summed E-state index contributed by atoms with van der Waals surface area (Å²) in [6.45, 7) is 3.72. The van der Waals surface area contributed by atoms with Crippen LogP contribution in [0.1, 0.15) is 33.9 Å². The van der Waals surface area contributed by atoms with Crippen LogP contribution >= 0.6 is 0 Å². The number of Topliss-reactive ketones (excluding diaryl/α,β-unsaturated/α-hetero) is 1. The third-order valence-electron chi connectivity index (χ3n) is 6.01. The van der Waals surface area contributed by atoms with Gasteiger partial charge in [0.2, 0.25) is 0 Å². The van der Waals surface area contributed by atoms with Crippen molar-refractivity contribution in [3.63, 3.8) is 0 Å². The van der Waals surface area contributed by atoms with Gasteiger partial charge in [-0.05, 0) is 73.0 Å². The van der Waals surface area contributed by atoms with Crippen LogP contribution in [0.5, 0.6) is 11.5 Å². The average Bonchev–Trinajstić information content (AvgIpc) is 3.13. The van der Waals surface area contributed by atoms with Gasteiger partial charge in [-0.3, -0.25) is 14.5 Å². The van der Waals surface area contributed by atoms with Gasteiger partial charge in [-0.15, -0.1) is 0 Å². The lowest BCUT2D eigenvalue weighted by Gasteiger charge is -2.26. The molecule has 1 aliphatic rings. The zero-order chi connectivity index (χ0) is 25.3. The molecule has 176 valence electrons. The number of nitriles is 1. The molecule has 1 atom stereocenters. The monoisotopic (exact) mass is 468 g/mol. The molecule has 0 spiro atoms. The molecule has 1 amide bonds. The number of ether oxygens (including phenoxy) is 2. The van der Waals surface area contributed by atoms with Crippen LogP contribution in [0.2, 0.25) is 0 Å². The van der Waals surface area contributed by atoms with Crippen LogP contribution in [-0.4, -0.2) is 31.0 Å². The number of benzene rings is 3. The molecule has 4 rings (SSSR count). The van der Waals surface area contributed by atoms with Gasteiger partial charge in [-0.25, -0.2) is 0 Å². The molecule has 1 N–H and O–H groups in total. The topological polar surface area (TPSA) is 99.9 Å². The van der Waals surface area contributed by atoms with Gasteiger partial charge in [-0.1, -0.05) is 18.2 Å². The number of hydrogen-bond donors (Lipinski definition) is 1. The molecule has 0 aliphatic carbocycles. The third-order valence-corrected chi connectivity index (χ3v) is 6.01. The van der Waals surface area contributed by atoms with Gasteiger partial charge in [0.25, 0.3) is 11.7 Å². The Morgan fingerprint density at radius 3 is 2.34 bits per heavy atom. The Balaban J connectivity index is 2.01. The molecule has 0 bridgehead atoms. The van der Waals surface area contributed by atoms with E-state index in [-0.39, 0.29) is 11.3 Å². The minimum Gasteiger partial charge on any atom is -0.507 e. The van der Waals surface area contributed by atoms with Crippen LogP contribution in [0.3, 0.4) is 0 Å². The van der Waals surface area contributed by atoms with E-state index in [0.717, 1.165) is 11.1 Å². The Morgan fingerprint density at radius 2 is 1.71 bits per heavy atom. The SMILES string of the molecule is COc1cccc(C2/C(=C(\O)c3cc(C)cc(C)c3OC)C(=O)C(=O)N2c2ccc(C#N)cc2)c1. The number of aliphatic hydroxyl groups excluding tert-OH is 1. The molecule has 0 radical (unpaired) electrons. The smallest absolute Gasteiger partial charge is 0.300 e. The molecule has 1 fully saturated rings. The maximum Gasteiger partial charge on any atom is 0.300 e. The zero-order valence-corrected chi connectivity index (χ0v) is 19.8.